The molecule has 0 aliphatic carbocycles. The Balaban J connectivity index is 1.69. The zero-order valence-electron chi connectivity index (χ0n) is 13.5. The van der Waals surface area contributed by atoms with Crippen LogP contribution in [0.5, 0.6) is 17.4 Å². The van der Waals surface area contributed by atoms with Gasteiger partial charge in [0.25, 0.3) is 0 Å². The van der Waals surface area contributed by atoms with E-state index in [0.29, 0.717) is 17.3 Å². The average Bonchev–Trinajstić information content (AvgIpc) is 2.64. The maximum atomic E-state index is 10.6. The minimum atomic E-state index is 0.111. The van der Waals surface area contributed by atoms with Crippen molar-refractivity contribution in [1.29, 1.82) is 0 Å². The second kappa shape index (κ2) is 6.17. The van der Waals surface area contributed by atoms with Gasteiger partial charge in [-0.15, -0.1) is 0 Å². The van der Waals surface area contributed by atoms with Crippen LogP contribution in [0.3, 0.4) is 0 Å². The number of para-hydroxylation sites is 1. The number of aromatic nitrogens is 1. The van der Waals surface area contributed by atoms with Crippen molar-refractivity contribution in [2.45, 2.75) is 0 Å². The Hall–Kier alpha value is -3.53. The van der Waals surface area contributed by atoms with Crippen LogP contribution in [-0.2, 0) is 0 Å². The smallest absolute Gasteiger partial charge is 0.219 e. The standard InChI is InChI=1S/C21H16N2O2/c1-15-9-10-16-6-2-3-7-18(16)23(15)19-12-11-17(14-20(19)24)25-21-8-4-5-13-22-21/h2-14,24H,1H2. The number of aromatic hydroxyl groups is 1. The molecular weight excluding hydrogens is 312 g/mol. The molecule has 2 heterocycles. The molecule has 1 aliphatic rings. The van der Waals surface area contributed by atoms with Gasteiger partial charge in [0.1, 0.15) is 11.5 Å². The summed E-state index contributed by atoms with van der Waals surface area (Å²) in [7, 11) is 0. The van der Waals surface area contributed by atoms with E-state index in [9.17, 15) is 5.11 Å². The first kappa shape index (κ1) is 15.0. The third-order valence-corrected chi connectivity index (χ3v) is 3.97. The van der Waals surface area contributed by atoms with E-state index in [-0.39, 0.29) is 5.75 Å². The van der Waals surface area contributed by atoms with E-state index in [1.54, 1.807) is 24.4 Å². The lowest BCUT2D eigenvalue weighted by atomic mass is 10.0. The monoisotopic (exact) mass is 328 g/mol. The molecule has 1 aromatic heterocycles. The first-order chi connectivity index (χ1) is 12.2. The molecule has 25 heavy (non-hydrogen) atoms. The van der Waals surface area contributed by atoms with Crippen molar-refractivity contribution in [3.05, 3.63) is 90.8 Å². The second-order valence-corrected chi connectivity index (χ2v) is 5.64. The lowest BCUT2D eigenvalue weighted by Gasteiger charge is -2.30. The van der Waals surface area contributed by atoms with E-state index < -0.39 is 0 Å². The first-order valence-electron chi connectivity index (χ1n) is 7.90. The molecule has 1 aliphatic heterocycles. The number of fused-ring (bicyclic) bond motifs is 1. The van der Waals surface area contributed by atoms with Crippen molar-refractivity contribution in [1.82, 2.24) is 4.98 Å². The summed E-state index contributed by atoms with van der Waals surface area (Å²) < 4.78 is 5.67. The highest BCUT2D eigenvalue weighted by atomic mass is 16.5. The number of phenols is 1. The molecule has 2 aromatic carbocycles. The van der Waals surface area contributed by atoms with Gasteiger partial charge in [-0.05, 0) is 35.9 Å². The predicted octanol–water partition coefficient (Wildman–Crippen LogP) is 5.26. The van der Waals surface area contributed by atoms with Crippen molar-refractivity contribution < 1.29 is 9.84 Å². The zero-order valence-corrected chi connectivity index (χ0v) is 13.5. The SMILES string of the molecule is C=C1C=Cc2ccccc2N1c1ccc(Oc2ccccn2)cc1O. The summed E-state index contributed by atoms with van der Waals surface area (Å²) >= 11 is 0. The maximum Gasteiger partial charge on any atom is 0.219 e. The summed E-state index contributed by atoms with van der Waals surface area (Å²) in [6, 6.07) is 18.6. The van der Waals surface area contributed by atoms with E-state index in [1.807, 2.05) is 59.5 Å². The highest BCUT2D eigenvalue weighted by Crippen LogP contribution is 2.42. The number of anilines is 2. The largest absolute Gasteiger partial charge is 0.506 e. The van der Waals surface area contributed by atoms with Gasteiger partial charge < -0.3 is 14.7 Å². The third-order valence-electron chi connectivity index (χ3n) is 3.97. The molecule has 0 amide bonds. The summed E-state index contributed by atoms with van der Waals surface area (Å²) in [4.78, 5) is 6.05. The highest BCUT2D eigenvalue weighted by molar-refractivity contribution is 5.84. The fraction of sp³-hybridized carbons (Fsp3) is 0. The van der Waals surface area contributed by atoms with Gasteiger partial charge in [-0.25, -0.2) is 4.98 Å². The van der Waals surface area contributed by atoms with Gasteiger partial charge in [0.2, 0.25) is 5.88 Å². The van der Waals surface area contributed by atoms with Crippen LogP contribution in [0, 0.1) is 0 Å². The van der Waals surface area contributed by atoms with Crippen LogP contribution in [0.1, 0.15) is 5.56 Å². The van der Waals surface area contributed by atoms with Gasteiger partial charge in [-0.3, -0.25) is 0 Å². The van der Waals surface area contributed by atoms with E-state index in [0.717, 1.165) is 16.9 Å². The Morgan fingerprint density at radius 3 is 2.56 bits per heavy atom. The molecule has 4 heteroatoms. The van der Waals surface area contributed by atoms with Crippen LogP contribution in [-0.4, -0.2) is 10.1 Å². The molecule has 0 fully saturated rings. The van der Waals surface area contributed by atoms with Gasteiger partial charge in [0.15, 0.2) is 0 Å². The Labute approximate surface area is 146 Å². The van der Waals surface area contributed by atoms with Gasteiger partial charge in [-0.2, -0.15) is 0 Å². The summed E-state index contributed by atoms with van der Waals surface area (Å²) in [5.74, 6) is 1.11. The number of rotatable bonds is 3. The summed E-state index contributed by atoms with van der Waals surface area (Å²) in [5.41, 5.74) is 3.48. The molecule has 0 radical (unpaired) electrons. The number of nitrogens with zero attached hydrogens (tertiary/aromatic N) is 2. The lowest BCUT2D eigenvalue weighted by Crippen LogP contribution is -2.17. The Morgan fingerprint density at radius 2 is 1.76 bits per heavy atom. The Kier molecular flexibility index (Phi) is 3.71. The molecule has 0 saturated heterocycles. The number of ether oxygens (including phenoxy) is 1. The van der Waals surface area contributed by atoms with E-state index >= 15 is 0 Å². The molecule has 0 saturated carbocycles. The number of hydrogen-bond acceptors (Lipinski definition) is 4. The molecule has 4 nitrogen and oxygen atoms in total. The van der Waals surface area contributed by atoms with E-state index in [1.165, 1.54) is 0 Å². The summed E-state index contributed by atoms with van der Waals surface area (Å²) in [6.07, 6.45) is 5.61. The number of benzene rings is 2. The molecule has 1 N–H and O–H groups in total. The number of allylic oxidation sites excluding steroid dienone is 1. The second-order valence-electron chi connectivity index (χ2n) is 5.64. The molecule has 0 atom stereocenters. The van der Waals surface area contributed by atoms with Crippen LogP contribution < -0.4 is 9.64 Å². The predicted molar refractivity (Wildman–Crippen MR) is 99.2 cm³/mol. The minimum Gasteiger partial charge on any atom is -0.506 e. The van der Waals surface area contributed by atoms with Crippen LogP contribution in [0.25, 0.3) is 6.08 Å². The number of phenolic OH excluding ortho intramolecular Hbond substituents is 1. The van der Waals surface area contributed by atoms with Crippen LogP contribution in [0.15, 0.2) is 85.2 Å². The number of hydrogen-bond donors (Lipinski definition) is 1. The van der Waals surface area contributed by atoms with Crippen molar-refractivity contribution >= 4 is 17.5 Å². The average molecular weight is 328 g/mol. The van der Waals surface area contributed by atoms with E-state index in [4.69, 9.17) is 4.74 Å². The topological polar surface area (TPSA) is 45.6 Å². The Morgan fingerprint density at radius 1 is 0.920 bits per heavy atom. The molecule has 0 unspecified atom stereocenters. The van der Waals surface area contributed by atoms with Gasteiger partial charge in [-0.1, -0.05) is 36.9 Å². The fourth-order valence-electron chi connectivity index (χ4n) is 2.82. The van der Waals surface area contributed by atoms with Crippen molar-refractivity contribution in [3.63, 3.8) is 0 Å². The quantitative estimate of drug-likeness (QED) is 0.712. The molecular formula is C21H16N2O2. The lowest BCUT2D eigenvalue weighted by molar-refractivity contribution is 0.446. The first-order valence-corrected chi connectivity index (χ1v) is 7.90. The summed E-state index contributed by atoms with van der Waals surface area (Å²) in [6.45, 7) is 4.09. The highest BCUT2D eigenvalue weighted by Gasteiger charge is 2.20. The molecule has 3 aromatic rings. The molecule has 0 bridgehead atoms. The van der Waals surface area contributed by atoms with Crippen molar-refractivity contribution in [3.8, 4) is 17.4 Å². The van der Waals surface area contributed by atoms with Crippen LogP contribution in [0.4, 0.5) is 11.4 Å². The molecule has 122 valence electrons. The third kappa shape index (κ3) is 2.85. The normalized spacial score (nSPS) is 12.8. The Bertz CT molecular complexity index is 965. The van der Waals surface area contributed by atoms with Crippen molar-refractivity contribution in [2.24, 2.45) is 0 Å². The van der Waals surface area contributed by atoms with Crippen LogP contribution in [0.2, 0.25) is 0 Å². The van der Waals surface area contributed by atoms with Crippen LogP contribution >= 0.6 is 0 Å². The summed E-state index contributed by atoms with van der Waals surface area (Å²) in [5, 5.41) is 10.6. The van der Waals surface area contributed by atoms with Crippen molar-refractivity contribution in [2.75, 3.05) is 4.90 Å². The van der Waals surface area contributed by atoms with Gasteiger partial charge in [0.05, 0.1) is 11.4 Å². The zero-order chi connectivity index (χ0) is 17.2. The fourth-order valence-corrected chi connectivity index (χ4v) is 2.82. The number of pyridine rings is 1. The van der Waals surface area contributed by atoms with Gasteiger partial charge >= 0.3 is 0 Å². The maximum absolute atomic E-state index is 10.6. The van der Waals surface area contributed by atoms with E-state index in [2.05, 4.69) is 11.6 Å². The molecule has 4 rings (SSSR count). The molecule has 0 spiro atoms. The minimum absolute atomic E-state index is 0.111. The van der Waals surface area contributed by atoms with Gasteiger partial charge in [0, 0.05) is 24.0 Å².